The Morgan fingerprint density at radius 2 is 1.70 bits per heavy atom. The van der Waals surface area contributed by atoms with Crippen molar-refractivity contribution in [1.29, 1.82) is 0 Å². The monoisotopic (exact) mass is 307 g/mol. The average Bonchev–Trinajstić information content (AvgIpc) is 2.95. The lowest BCUT2D eigenvalue weighted by molar-refractivity contribution is -0.128. The lowest BCUT2D eigenvalue weighted by Crippen LogP contribution is -2.25. The molecule has 0 aromatic heterocycles. The van der Waals surface area contributed by atoms with Crippen LogP contribution in [-0.4, -0.2) is 17.4 Å². The number of carbonyl (C=O) groups excluding carboxylic acids is 1. The van der Waals surface area contributed by atoms with Crippen molar-refractivity contribution in [2.75, 3.05) is 6.54 Å². The van der Waals surface area contributed by atoms with Crippen LogP contribution in [0.2, 0.25) is 0 Å². The summed E-state index contributed by atoms with van der Waals surface area (Å²) in [5.74, 6) is 1.23. The molecule has 0 spiro atoms. The molecule has 1 fully saturated rings. The van der Waals surface area contributed by atoms with E-state index < -0.39 is 0 Å². The molecule has 1 amide bonds. The molecule has 120 valence electrons. The second-order valence-corrected chi connectivity index (χ2v) is 6.53. The quantitative estimate of drug-likeness (QED) is 0.762. The molecule has 2 nitrogen and oxygen atoms in total. The third-order valence-corrected chi connectivity index (χ3v) is 4.86. The molecule has 1 heterocycles. The highest BCUT2D eigenvalue weighted by atomic mass is 16.2. The maximum absolute atomic E-state index is 12.5. The first-order valence-electron chi connectivity index (χ1n) is 8.64. The van der Waals surface area contributed by atoms with Gasteiger partial charge in [-0.1, -0.05) is 74.0 Å². The predicted molar refractivity (Wildman–Crippen MR) is 94.1 cm³/mol. The summed E-state index contributed by atoms with van der Waals surface area (Å²) in [4.78, 5) is 14.5. The molecule has 0 saturated carbocycles. The van der Waals surface area contributed by atoms with Gasteiger partial charge in [-0.25, -0.2) is 0 Å². The summed E-state index contributed by atoms with van der Waals surface area (Å²) in [7, 11) is 0. The molecule has 0 aliphatic carbocycles. The molecule has 2 heteroatoms. The largest absolute Gasteiger partial charge is 0.338 e. The second kappa shape index (κ2) is 7.45. The third kappa shape index (κ3) is 3.82. The van der Waals surface area contributed by atoms with Gasteiger partial charge in [0.1, 0.15) is 0 Å². The Labute approximate surface area is 139 Å². The van der Waals surface area contributed by atoms with Gasteiger partial charge in [-0.3, -0.25) is 4.79 Å². The first-order chi connectivity index (χ1) is 11.3. The first-order valence-corrected chi connectivity index (χ1v) is 8.64. The number of amides is 1. The summed E-state index contributed by atoms with van der Waals surface area (Å²) >= 11 is 0. The molecule has 23 heavy (non-hydrogen) atoms. The number of carbonyl (C=O) groups is 1. The van der Waals surface area contributed by atoms with Gasteiger partial charge in [0.05, 0.1) is 0 Å². The number of likely N-dealkylation sites (tertiary alicyclic amines) is 1. The Hall–Kier alpha value is -2.09. The van der Waals surface area contributed by atoms with Crippen molar-refractivity contribution < 1.29 is 4.79 Å². The van der Waals surface area contributed by atoms with E-state index in [1.165, 1.54) is 11.1 Å². The van der Waals surface area contributed by atoms with Gasteiger partial charge in [0.2, 0.25) is 5.91 Å². The fourth-order valence-electron chi connectivity index (χ4n) is 3.71. The van der Waals surface area contributed by atoms with Crippen LogP contribution in [-0.2, 0) is 11.3 Å². The molecular formula is C21H25NO. The molecule has 0 radical (unpaired) electrons. The van der Waals surface area contributed by atoms with Crippen molar-refractivity contribution in [3.63, 3.8) is 0 Å². The number of hydrogen-bond donors (Lipinski definition) is 0. The Kier molecular flexibility index (Phi) is 5.12. The van der Waals surface area contributed by atoms with Gasteiger partial charge in [-0.2, -0.15) is 0 Å². The maximum Gasteiger partial charge on any atom is 0.223 e. The van der Waals surface area contributed by atoms with Gasteiger partial charge in [0.15, 0.2) is 0 Å². The average molecular weight is 307 g/mol. The topological polar surface area (TPSA) is 20.3 Å². The molecule has 3 rings (SSSR count). The lowest BCUT2D eigenvalue weighted by Gasteiger charge is -2.24. The van der Waals surface area contributed by atoms with E-state index in [1.54, 1.807) is 0 Å². The summed E-state index contributed by atoms with van der Waals surface area (Å²) < 4.78 is 0. The van der Waals surface area contributed by atoms with Crippen LogP contribution in [0, 0.1) is 5.92 Å². The minimum Gasteiger partial charge on any atom is -0.338 e. The zero-order chi connectivity index (χ0) is 16.1. The van der Waals surface area contributed by atoms with Crippen molar-refractivity contribution >= 4 is 5.91 Å². The Morgan fingerprint density at radius 1 is 1.04 bits per heavy atom. The van der Waals surface area contributed by atoms with E-state index >= 15 is 0 Å². The summed E-state index contributed by atoms with van der Waals surface area (Å²) in [5, 5.41) is 0. The highest BCUT2D eigenvalue weighted by molar-refractivity contribution is 5.78. The highest BCUT2D eigenvalue weighted by Gasteiger charge is 2.34. The van der Waals surface area contributed by atoms with Crippen LogP contribution in [0.1, 0.15) is 43.2 Å². The van der Waals surface area contributed by atoms with Gasteiger partial charge in [0, 0.05) is 19.5 Å². The Balaban J connectivity index is 1.72. The Bertz CT molecular complexity index is 623. The molecule has 1 aliphatic heterocycles. The summed E-state index contributed by atoms with van der Waals surface area (Å²) in [6, 6.07) is 21.0. The number of benzene rings is 2. The van der Waals surface area contributed by atoms with Gasteiger partial charge >= 0.3 is 0 Å². The van der Waals surface area contributed by atoms with Crippen LogP contribution in [0.5, 0.6) is 0 Å². The van der Waals surface area contributed by atoms with E-state index in [9.17, 15) is 4.79 Å². The molecule has 1 aliphatic rings. The van der Waals surface area contributed by atoms with Crippen LogP contribution >= 0.6 is 0 Å². The van der Waals surface area contributed by atoms with Crippen molar-refractivity contribution in [2.24, 2.45) is 5.92 Å². The maximum atomic E-state index is 12.5. The standard InChI is InChI=1S/C21H25NO/c1-2-9-20(18-12-7-4-8-13-18)19-14-21(23)22(16-19)15-17-10-5-3-6-11-17/h3-8,10-13,19-20H,2,9,14-16H2,1H3. The first kappa shape index (κ1) is 15.8. The summed E-state index contributed by atoms with van der Waals surface area (Å²) in [5.41, 5.74) is 2.60. The van der Waals surface area contributed by atoms with Crippen LogP contribution in [0.3, 0.4) is 0 Å². The van der Waals surface area contributed by atoms with E-state index in [0.29, 0.717) is 24.2 Å². The number of hydrogen-bond acceptors (Lipinski definition) is 1. The SMILES string of the molecule is CCCC(c1ccccc1)C1CC(=O)N(Cc2ccccc2)C1. The van der Waals surface area contributed by atoms with Crippen molar-refractivity contribution in [3.8, 4) is 0 Å². The van der Waals surface area contributed by atoms with Crippen LogP contribution < -0.4 is 0 Å². The zero-order valence-electron chi connectivity index (χ0n) is 13.8. The highest BCUT2D eigenvalue weighted by Crippen LogP contribution is 2.36. The second-order valence-electron chi connectivity index (χ2n) is 6.53. The van der Waals surface area contributed by atoms with Gasteiger partial charge in [0.25, 0.3) is 0 Å². The molecule has 2 atom stereocenters. The van der Waals surface area contributed by atoms with E-state index in [0.717, 1.165) is 25.9 Å². The number of nitrogens with zero attached hydrogens (tertiary/aromatic N) is 1. The van der Waals surface area contributed by atoms with Gasteiger partial charge in [-0.15, -0.1) is 0 Å². The lowest BCUT2D eigenvalue weighted by atomic mass is 9.82. The van der Waals surface area contributed by atoms with Crippen molar-refractivity contribution in [2.45, 2.75) is 38.6 Å². The minimum absolute atomic E-state index is 0.302. The van der Waals surface area contributed by atoms with Crippen molar-refractivity contribution in [3.05, 3.63) is 71.8 Å². The van der Waals surface area contributed by atoms with Crippen LogP contribution in [0.25, 0.3) is 0 Å². The molecule has 2 aromatic rings. The molecule has 2 unspecified atom stereocenters. The fraction of sp³-hybridized carbons (Fsp3) is 0.381. The molecule has 0 bridgehead atoms. The summed E-state index contributed by atoms with van der Waals surface area (Å²) in [6.45, 7) is 3.85. The molecule has 1 saturated heterocycles. The third-order valence-electron chi connectivity index (χ3n) is 4.86. The van der Waals surface area contributed by atoms with E-state index in [4.69, 9.17) is 0 Å². The number of rotatable bonds is 6. The van der Waals surface area contributed by atoms with E-state index in [-0.39, 0.29) is 0 Å². The molecular weight excluding hydrogens is 282 g/mol. The van der Waals surface area contributed by atoms with Gasteiger partial charge < -0.3 is 4.90 Å². The molecule has 0 N–H and O–H groups in total. The fourth-order valence-corrected chi connectivity index (χ4v) is 3.71. The van der Waals surface area contributed by atoms with Crippen LogP contribution in [0.4, 0.5) is 0 Å². The smallest absolute Gasteiger partial charge is 0.223 e. The summed E-state index contributed by atoms with van der Waals surface area (Å²) in [6.07, 6.45) is 3.00. The normalized spacial score (nSPS) is 19.1. The zero-order valence-corrected chi connectivity index (χ0v) is 13.8. The minimum atomic E-state index is 0.302. The van der Waals surface area contributed by atoms with Gasteiger partial charge in [-0.05, 0) is 29.4 Å². The van der Waals surface area contributed by atoms with E-state index in [1.807, 2.05) is 23.1 Å². The van der Waals surface area contributed by atoms with Crippen molar-refractivity contribution in [1.82, 2.24) is 4.90 Å². The van der Waals surface area contributed by atoms with Crippen LogP contribution in [0.15, 0.2) is 60.7 Å². The molecule has 2 aromatic carbocycles. The Morgan fingerprint density at radius 3 is 2.35 bits per heavy atom. The predicted octanol–water partition coefficient (Wildman–Crippen LogP) is 4.62. The van der Waals surface area contributed by atoms with E-state index in [2.05, 4.69) is 49.4 Å².